The topological polar surface area (TPSA) is 90.4 Å². The van der Waals surface area contributed by atoms with E-state index in [-0.39, 0.29) is 28.8 Å². The molecule has 7 nitrogen and oxygen atoms in total. The van der Waals surface area contributed by atoms with Gasteiger partial charge in [0.25, 0.3) is 5.91 Å². The monoisotopic (exact) mass is 415 g/mol. The molecule has 2 aromatic rings. The molecule has 0 bridgehead atoms. The Hall–Kier alpha value is -2.53. The van der Waals surface area contributed by atoms with Crippen molar-refractivity contribution in [2.45, 2.75) is 25.4 Å². The summed E-state index contributed by atoms with van der Waals surface area (Å²) in [6.07, 6.45) is -2.85. The standard InChI is InChI=1S/C17H16F3N3O4S/c18-17(19,20)15-22-16(28-23-15)21-14(25)11-2-1-3-12(9-11)27-13(24)8-10-4-6-26-7-5-10/h1-3,9-10H,4-8H2,(H,21,22,23,25). The molecule has 0 saturated carbocycles. The molecule has 150 valence electrons. The molecular weight excluding hydrogens is 399 g/mol. The smallest absolute Gasteiger partial charge is 0.426 e. The lowest BCUT2D eigenvalue weighted by Gasteiger charge is -2.20. The molecule has 1 amide bonds. The quantitative estimate of drug-likeness (QED) is 0.594. The number of nitrogens with one attached hydrogen (secondary N) is 1. The number of ether oxygens (including phenoxy) is 2. The Morgan fingerprint density at radius 2 is 2.04 bits per heavy atom. The van der Waals surface area contributed by atoms with Gasteiger partial charge in [0.15, 0.2) is 0 Å². The fraction of sp³-hybridized carbons (Fsp3) is 0.412. The van der Waals surface area contributed by atoms with Gasteiger partial charge in [-0.05, 0) is 37.0 Å². The summed E-state index contributed by atoms with van der Waals surface area (Å²) >= 11 is 0.425. The van der Waals surface area contributed by atoms with Crippen molar-refractivity contribution in [1.82, 2.24) is 9.36 Å². The summed E-state index contributed by atoms with van der Waals surface area (Å²) in [6.45, 7) is 1.24. The highest BCUT2D eigenvalue weighted by Gasteiger charge is 2.36. The van der Waals surface area contributed by atoms with Gasteiger partial charge in [0.05, 0.1) is 0 Å². The van der Waals surface area contributed by atoms with Crippen LogP contribution in [0.3, 0.4) is 0 Å². The van der Waals surface area contributed by atoms with E-state index in [0.717, 1.165) is 12.8 Å². The number of esters is 1. The highest BCUT2D eigenvalue weighted by Crippen LogP contribution is 2.29. The zero-order valence-electron chi connectivity index (χ0n) is 14.5. The van der Waals surface area contributed by atoms with Crippen LogP contribution in [0.15, 0.2) is 24.3 Å². The predicted octanol–water partition coefficient (Wildman–Crippen LogP) is 3.53. The zero-order chi connectivity index (χ0) is 20.1. The molecule has 1 fully saturated rings. The van der Waals surface area contributed by atoms with E-state index in [0.29, 0.717) is 24.7 Å². The van der Waals surface area contributed by atoms with Crippen LogP contribution in [0, 0.1) is 5.92 Å². The lowest BCUT2D eigenvalue weighted by molar-refractivity contribution is -0.144. The number of carbonyl (C=O) groups is 2. The Morgan fingerprint density at radius 1 is 1.29 bits per heavy atom. The van der Waals surface area contributed by atoms with E-state index in [1.165, 1.54) is 24.3 Å². The number of benzene rings is 1. The molecule has 1 aromatic heterocycles. The van der Waals surface area contributed by atoms with Gasteiger partial charge in [-0.1, -0.05) is 6.07 Å². The van der Waals surface area contributed by atoms with E-state index in [2.05, 4.69) is 14.7 Å². The number of alkyl halides is 3. The molecule has 1 aromatic carbocycles. The number of rotatable bonds is 5. The van der Waals surface area contributed by atoms with E-state index in [4.69, 9.17) is 9.47 Å². The molecule has 3 rings (SSSR count). The molecule has 1 saturated heterocycles. The number of amides is 1. The van der Waals surface area contributed by atoms with Crippen LogP contribution < -0.4 is 10.1 Å². The van der Waals surface area contributed by atoms with Crippen molar-refractivity contribution in [1.29, 1.82) is 0 Å². The number of halogens is 3. The number of hydrogen-bond donors (Lipinski definition) is 1. The van der Waals surface area contributed by atoms with Crippen LogP contribution in [0.1, 0.15) is 35.4 Å². The van der Waals surface area contributed by atoms with Crippen LogP contribution in [0.4, 0.5) is 18.3 Å². The van der Waals surface area contributed by atoms with E-state index in [1.54, 1.807) is 0 Å². The molecule has 1 aliphatic heterocycles. The molecule has 1 N–H and O–H groups in total. The number of hydrogen-bond acceptors (Lipinski definition) is 7. The minimum absolute atomic E-state index is 0.111. The van der Waals surface area contributed by atoms with Crippen molar-refractivity contribution in [2.75, 3.05) is 18.5 Å². The van der Waals surface area contributed by atoms with Crippen molar-refractivity contribution in [3.63, 3.8) is 0 Å². The van der Waals surface area contributed by atoms with Gasteiger partial charge in [0.1, 0.15) is 5.75 Å². The van der Waals surface area contributed by atoms with E-state index in [9.17, 15) is 22.8 Å². The molecule has 11 heteroatoms. The third kappa shape index (κ3) is 5.49. The van der Waals surface area contributed by atoms with Gasteiger partial charge in [-0.15, -0.1) is 0 Å². The molecule has 0 spiro atoms. The molecule has 28 heavy (non-hydrogen) atoms. The molecule has 0 radical (unpaired) electrons. The summed E-state index contributed by atoms with van der Waals surface area (Å²) in [4.78, 5) is 27.5. The van der Waals surface area contributed by atoms with Gasteiger partial charge in [-0.2, -0.15) is 22.5 Å². The SMILES string of the molecule is O=C(CC1CCOCC1)Oc1cccc(C(=O)Nc2nc(C(F)(F)F)ns2)c1. The number of nitrogens with zero attached hydrogens (tertiary/aromatic N) is 2. The first kappa shape index (κ1) is 20.2. The van der Waals surface area contributed by atoms with Gasteiger partial charge >= 0.3 is 12.1 Å². The van der Waals surface area contributed by atoms with Crippen molar-refractivity contribution >= 4 is 28.5 Å². The summed E-state index contributed by atoms with van der Waals surface area (Å²) in [5.41, 5.74) is 0.111. The van der Waals surface area contributed by atoms with Crippen molar-refractivity contribution < 1.29 is 32.2 Å². The summed E-state index contributed by atoms with van der Waals surface area (Å²) in [5, 5.41) is 1.97. The van der Waals surface area contributed by atoms with Crippen LogP contribution in [0.5, 0.6) is 5.75 Å². The van der Waals surface area contributed by atoms with Crippen LogP contribution in [-0.4, -0.2) is 34.4 Å². The maximum absolute atomic E-state index is 12.5. The van der Waals surface area contributed by atoms with Gasteiger partial charge < -0.3 is 9.47 Å². The zero-order valence-corrected chi connectivity index (χ0v) is 15.3. The number of aromatic nitrogens is 2. The van der Waals surface area contributed by atoms with Gasteiger partial charge in [-0.25, -0.2) is 0 Å². The molecule has 1 aliphatic rings. The Morgan fingerprint density at radius 3 is 2.71 bits per heavy atom. The van der Waals surface area contributed by atoms with Crippen LogP contribution in [0.25, 0.3) is 0 Å². The first-order valence-corrected chi connectivity index (χ1v) is 9.19. The largest absolute Gasteiger partial charge is 0.452 e. The normalized spacial score (nSPS) is 15.2. The average molecular weight is 415 g/mol. The second-order valence-electron chi connectivity index (χ2n) is 6.14. The van der Waals surface area contributed by atoms with Crippen molar-refractivity contribution in [3.05, 3.63) is 35.7 Å². The maximum Gasteiger partial charge on any atom is 0.452 e. The highest BCUT2D eigenvalue weighted by atomic mass is 32.1. The van der Waals surface area contributed by atoms with Gasteiger partial charge in [0, 0.05) is 36.7 Å². The lowest BCUT2D eigenvalue weighted by atomic mass is 9.97. The van der Waals surface area contributed by atoms with Crippen LogP contribution in [0.2, 0.25) is 0 Å². The minimum Gasteiger partial charge on any atom is -0.426 e. The highest BCUT2D eigenvalue weighted by molar-refractivity contribution is 7.09. The summed E-state index contributed by atoms with van der Waals surface area (Å²) in [6, 6.07) is 5.80. The van der Waals surface area contributed by atoms with E-state index >= 15 is 0 Å². The lowest BCUT2D eigenvalue weighted by Crippen LogP contribution is -2.21. The van der Waals surface area contributed by atoms with Crippen LogP contribution >= 0.6 is 11.5 Å². The van der Waals surface area contributed by atoms with E-state index in [1.807, 2.05) is 0 Å². The van der Waals surface area contributed by atoms with Crippen molar-refractivity contribution in [3.8, 4) is 5.75 Å². The second kappa shape index (κ2) is 8.65. The average Bonchev–Trinajstić information content (AvgIpc) is 3.11. The summed E-state index contributed by atoms with van der Waals surface area (Å²) in [7, 11) is 0. The first-order chi connectivity index (χ1) is 13.3. The molecule has 0 aliphatic carbocycles. The molecule has 0 atom stereocenters. The number of anilines is 1. The predicted molar refractivity (Wildman–Crippen MR) is 93.1 cm³/mol. The Bertz CT molecular complexity index is 850. The molecule has 2 heterocycles. The molecular formula is C17H16F3N3O4S. The van der Waals surface area contributed by atoms with Gasteiger partial charge in [0.2, 0.25) is 11.0 Å². The maximum atomic E-state index is 12.5. The van der Waals surface area contributed by atoms with E-state index < -0.39 is 23.9 Å². The fourth-order valence-corrected chi connectivity index (χ4v) is 3.20. The minimum atomic E-state index is -4.68. The summed E-state index contributed by atoms with van der Waals surface area (Å²) < 4.78 is 51.2. The molecule has 0 unspecified atom stereocenters. The Balaban J connectivity index is 1.59. The second-order valence-corrected chi connectivity index (χ2v) is 6.89. The Labute approximate surface area is 162 Å². The Kier molecular flexibility index (Phi) is 6.25. The third-order valence-corrected chi connectivity index (χ3v) is 4.65. The van der Waals surface area contributed by atoms with Crippen LogP contribution in [-0.2, 0) is 15.7 Å². The fourth-order valence-electron chi connectivity index (χ4n) is 2.62. The first-order valence-electron chi connectivity index (χ1n) is 8.42. The summed E-state index contributed by atoms with van der Waals surface area (Å²) in [5.74, 6) is -2.04. The van der Waals surface area contributed by atoms with Crippen molar-refractivity contribution in [2.24, 2.45) is 5.92 Å². The number of carbonyl (C=O) groups excluding carboxylic acids is 2. The third-order valence-electron chi connectivity index (χ3n) is 4.02. The van der Waals surface area contributed by atoms with Gasteiger partial charge in [-0.3, -0.25) is 14.9 Å².